The van der Waals surface area contributed by atoms with E-state index in [1.54, 1.807) is 0 Å². The van der Waals surface area contributed by atoms with Crippen molar-refractivity contribution in [3.8, 4) is 0 Å². The molecule has 0 heterocycles. The summed E-state index contributed by atoms with van der Waals surface area (Å²) in [6.45, 7) is 2.04. The minimum atomic E-state index is -3.98. The van der Waals surface area contributed by atoms with Crippen LogP contribution in [0.2, 0.25) is 0 Å². The SMILES string of the molecule is CCCCC1CCCC1NC(=O)CCNS(=O)(=O)c1ccc(F)c(F)c1. The van der Waals surface area contributed by atoms with Crippen molar-refractivity contribution in [1.82, 2.24) is 10.0 Å². The predicted molar refractivity (Wildman–Crippen MR) is 95.0 cm³/mol. The second kappa shape index (κ2) is 9.41. The highest BCUT2D eigenvalue weighted by Crippen LogP contribution is 2.29. The first-order valence-electron chi connectivity index (χ1n) is 9.07. The van der Waals surface area contributed by atoms with Gasteiger partial charge in [-0.3, -0.25) is 4.79 Å². The third-order valence-electron chi connectivity index (χ3n) is 4.78. The summed E-state index contributed by atoms with van der Waals surface area (Å²) in [6, 6.07) is 2.52. The van der Waals surface area contributed by atoms with Gasteiger partial charge in [0.05, 0.1) is 4.90 Å². The Hall–Kier alpha value is -1.54. The molecule has 1 amide bonds. The topological polar surface area (TPSA) is 75.3 Å². The Morgan fingerprint density at radius 3 is 2.69 bits per heavy atom. The number of hydrogen-bond acceptors (Lipinski definition) is 3. The Balaban J connectivity index is 1.81. The maximum absolute atomic E-state index is 13.2. The molecule has 26 heavy (non-hydrogen) atoms. The number of unbranched alkanes of at least 4 members (excludes halogenated alkanes) is 1. The zero-order chi connectivity index (χ0) is 19.2. The first-order valence-corrected chi connectivity index (χ1v) is 10.6. The summed E-state index contributed by atoms with van der Waals surface area (Å²) in [5, 5.41) is 3.00. The lowest BCUT2D eigenvalue weighted by Crippen LogP contribution is -2.39. The molecule has 2 rings (SSSR count). The number of halogens is 2. The number of sulfonamides is 1. The number of hydrogen-bond donors (Lipinski definition) is 2. The molecule has 0 saturated heterocycles. The van der Waals surface area contributed by atoms with Crippen LogP contribution in [0.3, 0.4) is 0 Å². The van der Waals surface area contributed by atoms with E-state index >= 15 is 0 Å². The average molecular weight is 388 g/mol. The lowest BCUT2D eigenvalue weighted by Gasteiger charge is -2.21. The molecule has 1 saturated carbocycles. The van der Waals surface area contributed by atoms with Gasteiger partial charge in [-0.05, 0) is 43.4 Å². The van der Waals surface area contributed by atoms with E-state index in [0.717, 1.165) is 50.7 Å². The molecule has 2 N–H and O–H groups in total. The van der Waals surface area contributed by atoms with Gasteiger partial charge in [0.1, 0.15) is 0 Å². The second-order valence-electron chi connectivity index (χ2n) is 6.73. The number of carbonyl (C=O) groups excluding carboxylic acids is 1. The molecule has 146 valence electrons. The zero-order valence-corrected chi connectivity index (χ0v) is 15.7. The van der Waals surface area contributed by atoms with Crippen molar-refractivity contribution < 1.29 is 22.0 Å². The highest BCUT2D eigenvalue weighted by atomic mass is 32.2. The third-order valence-corrected chi connectivity index (χ3v) is 6.24. The molecule has 0 aliphatic heterocycles. The van der Waals surface area contributed by atoms with Gasteiger partial charge < -0.3 is 5.32 Å². The van der Waals surface area contributed by atoms with Crippen LogP contribution in [0.15, 0.2) is 23.1 Å². The lowest BCUT2D eigenvalue weighted by atomic mass is 9.97. The van der Waals surface area contributed by atoms with Crippen LogP contribution < -0.4 is 10.0 Å². The van der Waals surface area contributed by atoms with Gasteiger partial charge in [-0.1, -0.05) is 26.2 Å². The predicted octanol–water partition coefficient (Wildman–Crippen LogP) is 3.11. The Morgan fingerprint density at radius 2 is 2.00 bits per heavy atom. The van der Waals surface area contributed by atoms with Crippen LogP contribution >= 0.6 is 0 Å². The fourth-order valence-electron chi connectivity index (χ4n) is 3.34. The van der Waals surface area contributed by atoms with Crippen LogP contribution in [0.5, 0.6) is 0 Å². The normalized spacial score (nSPS) is 20.3. The van der Waals surface area contributed by atoms with Gasteiger partial charge in [0, 0.05) is 19.0 Å². The minimum Gasteiger partial charge on any atom is -0.353 e. The summed E-state index contributed by atoms with van der Waals surface area (Å²) in [5.41, 5.74) is 0. The molecular weight excluding hydrogens is 362 g/mol. The van der Waals surface area contributed by atoms with Gasteiger partial charge in [-0.25, -0.2) is 21.9 Å². The third kappa shape index (κ3) is 5.74. The Morgan fingerprint density at radius 1 is 1.23 bits per heavy atom. The molecule has 0 aromatic heterocycles. The van der Waals surface area contributed by atoms with E-state index in [1.807, 2.05) is 0 Å². The fraction of sp³-hybridized carbons (Fsp3) is 0.611. The first-order chi connectivity index (χ1) is 12.3. The van der Waals surface area contributed by atoms with E-state index < -0.39 is 21.7 Å². The highest BCUT2D eigenvalue weighted by molar-refractivity contribution is 7.89. The highest BCUT2D eigenvalue weighted by Gasteiger charge is 2.27. The Bertz CT molecular complexity index is 725. The van der Waals surface area contributed by atoms with Crippen molar-refractivity contribution in [2.75, 3.05) is 6.54 Å². The number of nitrogens with one attached hydrogen (secondary N) is 2. The van der Waals surface area contributed by atoms with Gasteiger partial charge in [0.15, 0.2) is 11.6 Å². The van der Waals surface area contributed by atoms with Crippen molar-refractivity contribution >= 4 is 15.9 Å². The molecule has 1 aliphatic rings. The molecule has 1 aromatic rings. The Labute approximate surface area is 153 Å². The number of carbonyl (C=O) groups is 1. The maximum Gasteiger partial charge on any atom is 0.240 e. The quantitative estimate of drug-likeness (QED) is 0.683. The van der Waals surface area contributed by atoms with Crippen LogP contribution in [0.1, 0.15) is 51.9 Å². The van der Waals surface area contributed by atoms with Crippen LogP contribution in [0.25, 0.3) is 0 Å². The number of rotatable bonds is 9. The van der Waals surface area contributed by atoms with Gasteiger partial charge in [0.2, 0.25) is 15.9 Å². The van der Waals surface area contributed by atoms with E-state index in [1.165, 1.54) is 0 Å². The van der Waals surface area contributed by atoms with Crippen LogP contribution in [-0.2, 0) is 14.8 Å². The van der Waals surface area contributed by atoms with Gasteiger partial charge >= 0.3 is 0 Å². The average Bonchev–Trinajstić information content (AvgIpc) is 3.02. The van der Waals surface area contributed by atoms with Crippen molar-refractivity contribution in [3.63, 3.8) is 0 Å². The van der Waals surface area contributed by atoms with E-state index in [2.05, 4.69) is 17.0 Å². The fourth-order valence-corrected chi connectivity index (χ4v) is 4.39. The number of amides is 1. The summed E-state index contributed by atoms with van der Waals surface area (Å²) < 4.78 is 52.5. The monoisotopic (exact) mass is 388 g/mol. The van der Waals surface area contributed by atoms with Gasteiger partial charge in [-0.2, -0.15) is 0 Å². The molecule has 0 spiro atoms. The van der Waals surface area contributed by atoms with E-state index in [9.17, 15) is 22.0 Å². The minimum absolute atomic E-state index is 0.0000946. The van der Waals surface area contributed by atoms with E-state index in [0.29, 0.717) is 12.0 Å². The summed E-state index contributed by atoms with van der Waals surface area (Å²) in [4.78, 5) is 11.7. The van der Waals surface area contributed by atoms with Crippen LogP contribution in [0.4, 0.5) is 8.78 Å². The van der Waals surface area contributed by atoms with Crippen molar-refractivity contribution in [1.29, 1.82) is 0 Å². The second-order valence-corrected chi connectivity index (χ2v) is 8.50. The Kier molecular flexibility index (Phi) is 7.52. The maximum atomic E-state index is 13.2. The van der Waals surface area contributed by atoms with Gasteiger partial charge in [0.25, 0.3) is 0 Å². The summed E-state index contributed by atoms with van der Waals surface area (Å²) in [7, 11) is -3.98. The lowest BCUT2D eigenvalue weighted by molar-refractivity contribution is -0.121. The van der Waals surface area contributed by atoms with Crippen LogP contribution in [-0.4, -0.2) is 26.9 Å². The largest absolute Gasteiger partial charge is 0.353 e. The smallest absolute Gasteiger partial charge is 0.240 e. The molecule has 1 aliphatic carbocycles. The van der Waals surface area contributed by atoms with Crippen LogP contribution in [0, 0.1) is 17.6 Å². The first kappa shape index (κ1) is 20.8. The molecule has 0 radical (unpaired) electrons. The molecule has 2 unspecified atom stereocenters. The molecular formula is C18H26F2N2O3S. The molecule has 8 heteroatoms. The standard InChI is InChI=1S/C18H26F2N2O3S/c1-2-3-5-13-6-4-7-17(13)22-18(23)10-11-21-26(24,25)14-8-9-15(19)16(20)12-14/h8-9,12-13,17,21H,2-7,10-11H2,1H3,(H,22,23). The van der Waals surface area contributed by atoms with Crippen molar-refractivity contribution in [2.24, 2.45) is 5.92 Å². The van der Waals surface area contributed by atoms with Crippen molar-refractivity contribution in [2.45, 2.75) is 62.8 Å². The van der Waals surface area contributed by atoms with E-state index in [4.69, 9.17) is 0 Å². The zero-order valence-electron chi connectivity index (χ0n) is 14.9. The molecule has 2 atom stereocenters. The molecule has 1 aromatic carbocycles. The summed E-state index contributed by atoms with van der Waals surface area (Å²) in [5.74, 6) is -2.05. The van der Waals surface area contributed by atoms with Gasteiger partial charge in [-0.15, -0.1) is 0 Å². The van der Waals surface area contributed by atoms with Crippen molar-refractivity contribution in [3.05, 3.63) is 29.8 Å². The molecule has 0 bridgehead atoms. The summed E-state index contributed by atoms with van der Waals surface area (Å²) >= 11 is 0. The summed E-state index contributed by atoms with van der Waals surface area (Å²) in [6.07, 6.45) is 6.55. The molecule has 5 nitrogen and oxygen atoms in total. The van der Waals surface area contributed by atoms with E-state index in [-0.39, 0.29) is 29.8 Å². The molecule has 1 fully saturated rings. The number of benzene rings is 1.